The molecule has 0 aromatic heterocycles. The van der Waals surface area contributed by atoms with Crippen molar-refractivity contribution in [3.8, 4) is 0 Å². The van der Waals surface area contributed by atoms with Crippen LogP contribution in [0.15, 0.2) is 29.2 Å². The van der Waals surface area contributed by atoms with Crippen LogP contribution in [-0.2, 0) is 14.8 Å². The molecule has 0 heterocycles. The lowest BCUT2D eigenvalue weighted by Crippen LogP contribution is -2.52. The zero-order valence-corrected chi connectivity index (χ0v) is 12.7. The second kappa shape index (κ2) is 5.92. The highest BCUT2D eigenvalue weighted by atomic mass is 32.2. The fourth-order valence-corrected chi connectivity index (χ4v) is 3.56. The van der Waals surface area contributed by atoms with Crippen molar-refractivity contribution in [1.29, 1.82) is 0 Å². The molecular weight excluding hydrogens is 316 g/mol. The van der Waals surface area contributed by atoms with E-state index in [1.165, 1.54) is 12.1 Å². The molecule has 0 radical (unpaired) electrons. The van der Waals surface area contributed by atoms with Gasteiger partial charge in [-0.1, -0.05) is 12.1 Å². The van der Waals surface area contributed by atoms with E-state index >= 15 is 0 Å². The number of hydrogen-bond donors (Lipinski definition) is 2. The molecule has 1 saturated carbocycles. The summed E-state index contributed by atoms with van der Waals surface area (Å²) in [7, 11) is -4.22. The summed E-state index contributed by atoms with van der Waals surface area (Å²) in [6.07, 6.45) is -2.04. The van der Waals surface area contributed by atoms with Crippen molar-refractivity contribution in [2.75, 3.05) is 0 Å². The number of carboxylic acids is 1. The largest absolute Gasteiger partial charge is 0.481 e. The molecule has 1 atom stereocenters. The molecule has 1 unspecified atom stereocenters. The van der Waals surface area contributed by atoms with Gasteiger partial charge in [0.2, 0.25) is 10.0 Å². The summed E-state index contributed by atoms with van der Waals surface area (Å²) in [6.45, 7) is 0.877. The third-order valence-corrected chi connectivity index (χ3v) is 5.23. The van der Waals surface area contributed by atoms with Gasteiger partial charge >= 0.3 is 5.97 Å². The molecule has 122 valence electrons. The molecule has 2 N–H and O–H groups in total. The quantitative estimate of drug-likeness (QED) is 0.802. The van der Waals surface area contributed by atoms with Gasteiger partial charge in [0, 0.05) is 0 Å². The number of benzene rings is 1. The topological polar surface area (TPSA) is 83.5 Å². The molecule has 0 spiro atoms. The monoisotopic (exact) mass is 333 g/mol. The average molecular weight is 333 g/mol. The Balaban J connectivity index is 2.22. The van der Waals surface area contributed by atoms with E-state index in [1.807, 2.05) is 4.72 Å². The minimum absolute atomic E-state index is 0.158. The van der Waals surface area contributed by atoms with Crippen molar-refractivity contribution in [3.63, 3.8) is 0 Å². The number of carboxylic acid groups (broad SMARTS) is 1. The van der Waals surface area contributed by atoms with Crippen molar-refractivity contribution >= 4 is 16.0 Å². The van der Waals surface area contributed by atoms with E-state index in [1.54, 1.807) is 12.1 Å². The van der Waals surface area contributed by atoms with E-state index in [9.17, 15) is 22.0 Å². The van der Waals surface area contributed by atoms with E-state index in [2.05, 4.69) is 0 Å². The highest BCUT2D eigenvalue weighted by molar-refractivity contribution is 7.89. The van der Waals surface area contributed by atoms with E-state index in [-0.39, 0.29) is 4.90 Å². The number of hydrogen-bond acceptors (Lipinski definition) is 3. The Bertz CT molecular complexity index is 656. The lowest BCUT2D eigenvalue weighted by Gasteiger charge is -2.27. The number of carbonyl (C=O) groups is 1. The van der Waals surface area contributed by atoms with Crippen LogP contribution >= 0.6 is 0 Å². The fourth-order valence-electron chi connectivity index (χ4n) is 2.17. The maximum absolute atomic E-state index is 13.1. The number of aliphatic carboxylic acids is 1. The third kappa shape index (κ3) is 3.80. The van der Waals surface area contributed by atoms with Crippen molar-refractivity contribution < 1.29 is 27.1 Å². The Kier molecular flexibility index (Phi) is 4.53. The lowest BCUT2D eigenvalue weighted by atomic mass is 10.0. The number of halogens is 2. The average Bonchev–Trinajstić information content (AvgIpc) is 3.21. The smallest absolute Gasteiger partial charge is 0.305 e. The maximum Gasteiger partial charge on any atom is 0.305 e. The summed E-state index contributed by atoms with van der Waals surface area (Å²) in [5.41, 5.74) is -1.35. The van der Waals surface area contributed by atoms with E-state index in [0.29, 0.717) is 5.92 Å². The van der Waals surface area contributed by atoms with Crippen LogP contribution in [0.2, 0.25) is 0 Å². The molecule has 1 aromatic carbocycles. The van der Waals surface area contributed by atoms with Gasteiger partial charge in [0.05, 0.1) is 11.3 Å². The van der Waals surface area contributed by atoms with Crippen LogP contribution in [0, 0.1) is 0 Å². The van der Waals surface area contributed by atoms with Crippen LogP contribution in [0.25, 0.3) is 0 Å². The normalized spacial score (nSPS) is 18.2. The van der Waals surface area contributed by atoms with Crippen LogP contribution < -0.4 is 4.72 Å². The van der Waals surface area contributed by atoms with E-state index < -0.39 is 34.4 Å². The van der Waals surface area contributed by atoms with Crippen molar-refractivity contribution in [2.45, 2.75) is 49.0 Å². The molecule has 0 aliphatic heterocycles. The standard InChI is InChI=1S/C14H17F2NO4S/c1-14(13(15)16,8-12(18)19)17-22(20,21)11-6-4-10(5-7-11)9-2-3-9/h4-7,9,13,17H,2-3,8H2,1H3,(H,18,19). The number of nitrogens with one attached hydrogen (secondary N) is 1. The van der Waals surface area contributed by atoms with Crippen molar-refractivity contribution in [1.82, 2.24) is 4.72 Å². The zero-order valence-electron chi connectivity index (χ0n) is 11.9. The Morgan fingerprint density at radius 2 is 1.91 bits per heavy atom. The lowest BCUT2D eigenvalue weighted by molar-refractivity contribution is -0.140. The Morgan fingerprint density at radius 1 is 1.36 bits per heavy atom. The summed E-state index contributed by atoms with van der Waals surface area (Å²) < 4.78 is 52.4. The molecule has 5 nitrogen and oxygen atoms in total. The molecule has 1 aromatic rings. The van der Waals surface area contributed by atoms with Gasteiger partial charge in [-0.25, -0.2) is 17.2 Å². The van der Waals surface area contributed by atoms with Crippen LogP contribution in [0.5, 0.6) is 0 Å². The minimum atomic E-state index is -4.22. The van der Waals surface area contributed by atoms with Gasteiger partial charge in [-0.2, -0.15) is 4.72 Å². The predicted octanol–water partition coefficient (Wildman–Crippen LogP) is 2.34. The second-order valence-corrected chi connectivity index (χ2v) is 7.42. The molecule has 2 rings (SSSR count). The van der Waals surface area contributed by atoms with Crippen LogP contribution in [0.3, 0.4) is 0 Å². The highest BCUT2D eigenvalue weighted by Crippen LogP contribution is 2.40. The van der Waals surface area contributed by atoms with Crippen molar-refractivity contribution in [3.05, 3.63) is 29.8 Å². The molecule has 1 fully saturated rings. The highest BCUT2D eigenvalue weighted by Gasteiger charge is 2.41. The van der Waals surface area contributed by atoms with Gasteiger partial charge in [0.1, 0.15) is 5.54 Å². The van der Waals surface area contributed by atoms with E-state index in [4.69, 9.17) is 5.11 Å². The van der Waals surface area contributed by atoms with Crippen LogP contribution in [0.4, 0.5) is 8.78 Å². The molecule has 22 heavy (non-hydrogen) atoms. The minimum Gasteiger partial charge on any atom is -0.481 e. The van der Waals surface area contributed by atoms with Gasteiger partial charge < -0.3 is 5.11 Å². The van der Waals surface area contributed by atoms with Crippen LogP contribution in [0.1, 0.15) is 37.7 Å². The van der Waals surface area contributed by atoms with Gasteiger partial charge in [0.15, 0.2) is 0 Å². The SMILES string of the molecule is CC(CC(=O)O)(NS(=O)(=O)c1ccc(C2CC2)cc1)C(F)F. The van der Waals surface area contributed by atoms with Crippen LogP contribution in [-0.4, -0.2) is 31.5 Å². The molecule has 0 bridgehead atoms. The third-order valence-electron chi connectivity index (χ3n) is 3.61. The summed E-state index contributed by atoms with van der Waals surface area (Å²) in [5.74, 6) is -1.06. The number of sulfonamides is 1. The Hall–Kier alpha value is -1.54. The number of alkyl halides is 2. The molecule has 8 heteroatoms. The van der Waals surface area contributed by atoms with Gasteiger partial charge in [-0.05, 0) is 43.4 Å². The van der Waals surface area contributed by atoms with Gasteiger partial charge in [-0.15, -0.1) is 0 Å². The number of rotatable bonds is 7. The molecular formula is C14H17F2NO4S. The summed E-state index contributed by atoms with van der Waals surface area (Å²) in [6, 6.07) is 6.01. The molecule has 0 saturated heterocycles. The van der Waals surface area contributed by atoms with Crippen molar-refractivity contribution in [2.24, 2.45) is 0 Å². The molecule has 1 aliphatic rings. The first-order valence-electron chi connectivity index (χ1n) is 6.78. The first-order chi connectivity index (χ1) is 10.1. The first-order valence-corrected chi connectivity index (χ1v) is 8.26. The Morgan fingerprint density at radius 3 is 2.32 bits per heavy atom. The first kappa shape index (κ1) is 16.8. The van der Waals surface area contributed by atoms with E-state index in [0.717, 1.165) is 25.3 Å². The summed E-state index contributed by atoms with van der Waals surface area (Å²) >= 11 is 0. The predicted molar refractivity (Wildman–Crippen MR) is 75.4 cm³/mol. The second-order valence-electron chi connectivity index (χ2n) is 5.74. The fraction of sp³-hybridized carbons (Fsp3) is 0.500. The maximum atomic E-state index is 13.1. The summed E-state index contributed by atoms with van der Waals surface area (Å²) in [5, 5.41) is 8.70. The molecule has 1 aliphatic carbocycles. The Labute approximate surface area is 127 Å². The summed E-state index contributed by atoms with van der Waals surface area (Å²) in [4.78, 5) is 10.5. The van der Waals surface area contributed by atoms with Gasteiger partial charge in [-0.3, -0.25) is 4.79 Å². The molecule has 0 amide bonds. The zero-order chi connectivity index (χ0) is 16.5. The van der Waals surface area contributed by atoms with Gasteiger partial charge in [0.25, 0.3) is 6.43 Å².